The average Bonchev–Trinajstić information content (AvgIpc) is 3.42. The molecule has 5 rings (SSSR count). The van der Waals surface area contributed by atoms with Crippen LogP contribution in [0, 0.1) is 0 Å². The van der Waals surface area contributed by atoms with E-state index in [9.17, 15) is 15.1 Å². The summed E-state index contributed by atoms with van der Waals surface area (Å²) in [4.78, 5) is 12.8. The number of pyridine rings is 1. The van der Waals surface area contributed by atoms with Crippen molar-refractivity contribution in [2.45, 2.75) is 57.8 Å². The van der Waals surface area contributed by atoms with Gasteiger partial charge in [0.25, 0.3) is 0 Å². The molecule has 0 atom stereocenters. The lowest BCUT2D eigenvalue weighted by Gasteiger charge is -2.23. The van der Waals surface area contributed by atoms with Gasteiger partial charge in [0, 0.05) is 42.6 Å². The van der Waals surface area contributed by atoms with E-state index < -0.39 is 5.97 Å². The van der Waals surface area contributed by atoms with Gasteiger partial charge in [0.1, 0.15) is 11.6 Å². The van der Waals surface area contributed by atoms with E-state index in [-0.39, 0.29) is 0 Å². The number of nitrogens with zero attached hydrogens (tertiary/aromatic N) is 2. The van der Waals surface area contributed by atoms with Gasteiger partial charge in [-0.05, 0) is 35.4 Å². The zero-order valence-electron chi connectivity index (χ0n) is 20.4. The standard InChI is InChI=1S/C28H31N3O4S/c1-35-18-31-24(21-10-6-3-7-11-21)23(20-8-4-2-5-9-20)27-25(31)22(26(36-27)28(32)33)17-29-16-19-12-14-30(34)15-13-19/h3,6-7,10-15,20,29H,2,4-5,8-9,16-18H2,1H3,(H-,32,33,34)/p+1. The summed E-state index contributed by atoms with van der Waals surface area (Å²) in [6.45, 7) is 1.33. The van der Waals surface area contributed by atoms with Crippen molar-refractivity contribution < 1.29 is 24.6 Å². The van der Waals surface area contributed by atoms with Gasteiger partial charge < -0.3 is 19.7 Å². The van der Waals surface area contributed by atoms with Crippen LogP contribution >= 0.6 is 11.3 Å². The number of thiophene rings is 1. The van der Waals surface area contributed by atoms with Crippen molar-refractivity contribution in [3.05, 3.63) is 76.4 Å². The molecule has 1 saturated carbocycles. The largest absolute Gasteiger partial charge is 0.477 e. The summed E-state index contributed by atoms with van der Waals surface area (Å²) in [6.07, 6.45) is 9.06. The van der Waals surface area contributed by atoms with E-state index in [0.717, 1.165) is 50.2 Å². The van der Waals surface area contributed by atoms with Crippen LogP contribution in [0.15, 0.2) is 54.9 Å². The first kappa shape index (κ1) is 24.5. The van der Waals surface area contributed by atoms with E-state index in [1.807, 2.05) is 18.2 Å². The molecule has 3 aromatic heterocycles. The molecule has 0 bridgehead atoms. The van der Waals surface area contributed by atoms with E-state index in [1.165, 1.54) is 36.2 Å². The highest BCUT2D eigenvalue weighted by atomic mass is 32.1. The first-order valence-electron chi connectivity index (χ1n) is 12.4. The number of ether oxygens (including phenoxy) is 1. The van der Waals surface area contributed by atoms with Crippen LogP contribution in [0.2, 0.25) is 0 Å². The monoisotopic (exact) mass is 506 g/mol. The molecule has 0 unspecified atom stereocenters. The Labute approximate surface area is 214 Å². The molecule has 0 saturated heterocycles. The molecule has 1 fully saturated rings. The zero-order chi connectivity index (χ0) is 25.1. The average molecular weight is 507 g/mol. The predicted octanol–water partition coefficient (Wildman–Crippen LogP) is 5.53. The maximum absolute atomic E-state index is 12.4. The molecule has 4 aromatic rings. The van der Waals surface area contributed by atoms with Crippen molar-refractivity contribution >= 4 is 27.5 Å². The molecule has 7 nitrogen and oxygen atoms in total. The zero-order valence-corrected chi connectivity index (χ0v) is 21.3. The molecule has 1 aliphatic rings. The Morgan fingerprint density at radius 3 is 2.50 bits per heavy atom. The molecule has 8 heteroatoms. The van der Waals surface area contributed by atoms with Crippen LogP contribution in [0.3, 0.4) is 0 Å². The van der Waals surface area contributed by atoms with Crippen LogP contribution in [0.1, 0.15) is 64.4 Å². The molecule has 0 amide bonds. The minimum atomic E-state index is -0.895. The Hall–Kier alpha value is -3.20. The Balaban J connectivity index is 1.65. The highest BCUT2D eigenvalue weighted by Crippen LogP contribution is 2.48. The number of fused-ring (bicyclic) bond motifs is 1. The van der Waals surface area contributed by atoms with Gasteiger partial charge in [0.05, 0.1) is 15.9 Å². The second kappa shape index (κ2) is 10.8. The van der Waals surface area contributed by atoms with E-state index in [0.29, 0.717) is 30.6 Å². The van der Waals surface area contributed by atoms with Gasteiger partial charge in [0.2, 0.25) is 12.4 Å². The van der Waals surface area contributed by atoms with Crippen LogP contribution in [0.5, 0.6) is 0 Å². The molecule has 36 heavy (non-hydrogen) atoms. The van der Waals surface area contributed by atoms with Gasteiger partial charge in [-0.15, -0.1) is 11.3 Å². The third-order valence-electron chi connectivity index (χ3n) is 7.05. The van der Waals surface area contributed by atoms with Crippen LogP contribution in [-0.2, 0) is 24.6 Å². The van der Waals surface area contributed by atoms with E-state index >= 15 is 0 Å². The van der Waals surface area contributed by atoms with Gasteiger partial charge in [-0.2, -0.15) is 0 Å². The number of carboxylic acids is 1. The molecule has 0 spiro atoms. The summed E-state index contributed by atoms with van der Waals surface area (Å²) in [5.41, 5.74) is 6.33. The van der Waals surface area contributed by atoms with Gasteiger partial charge >= 0.3 is 5.97 Å². The fraction of sp³-hybridized carbons (Fsp3) is 0.357. The number of methoxy groups -OCH3 is 1. The molecule has 0 radical (unpaired) electrons. The number of hydrogen-bond acceptors (Lipinski definition) is 5. The first-order valence-corrected chi connectivity index (χ1v) is 13.3. The van der Waals surface area contributed by atoms with Crippen LogP contribution in [0.4, 0.5) is 0 Å². The molecule has 3 N–H and O–H groups in total. The van der Waals surface area contributed by atoms with Crippen LogP contribution < -0.4 is 10.0 Å². The molecular formula is C28H32N3O4S+. The quantitative estimate of drug-likeness (QED) is 0.205. The summed E-state index contributed by atoms with van der Waals surface area (Å²) in [6, 6.07) is 14.1. The highest BCUT2D eigenvalue weighted by molar-refractivity contribution is 7.21. The summed E-state index contributed by atoms with van der Waals surface area (Å²) >= 11 is 1.40. The van der Waals surface area contributed by atoms with E-state index in [2.05, 4.69) is 34.1 Å². The predicted molar refractivity (Wildman–Crippen MR) is 139 cm³/mol. The van der Waals surface area contributed by atoms with E-state index in [1.54, 1.807) is 19.5 Å². The number of nitrogens with one attached hydrogen (secondary N) is 1. The second-order valence-electron chi connectivity index (χ2n) is 9.39. The summed E-state index contributed by atoms with van der Waals surface area (Å²) < 4.78 is 9.95. The van der Waals surface area contributed by atoms with Crippen molar-refractivity contribution in [3.63, 3.8) is 0 Å². The Morgan fingerprint density at radius 1 is 1.11 bits per heavy atom. The van der Waals surface area contributed by atoms with Crippen molar-refractivity contribution in [3.8, 4) is 11.3 Å². The molecular weight excluding hydrogens is 474 g/mol. The van der Waals surface area contributed by atoms with Gasteiger partial charge in [-0.25, -0.2) is 4.79 Å². The Morgan fingerprint density at radius 2 is 1.83 bits per heavy atom. The number of aromatic nitrogens is 2. The Kier molecular flexibility index (Phi) is 7.36. The highest BCUT2D eigenvalue weighted by Gasteiger charge is 2.31. The Bertz CT molecular complexity index is 1340. The first-order chi connectivity index (χ1) is 17.6. The maximum Gasteiger partial charge on any atom is 0.346 e. The lowest BCUT2D eigenvalue weighted by atomic mass is 9.83. The topological polar surface area (TPSA) is 87.6 Å². The van der Waals surface area contributed by atoms with Crippen molar-refractivity contribution in [1.29, 1.82) is 0 Å². The van der Waals surface area contributed by atoms with Crippen molar-refractivity contribution in [1.82, 2.24) is 9.88 Å². The van der Waals surface area contributed by atoms with Crippen molar-refractivity contribution in [2.75, 3.05) is 7.11 Å². The normalized spacial score (nSPS) is 14.5. The third-order valence-corrected chi connectivity index (χ3v) is 8.29. The number of benzene rings is 1. The number of rotatable bonds is 9. The smallest absolute Gasteiger partial charge is 0.346 e. The van der Waals surface area contributed by atoms with Crippen LogP contribution in [0.25, 0.3) is 21.5 Å². The molecule has 1 aliphatic carbocycles. The molecule has 0 aliphatic heterocycles. The van der Waals surface area contributed by atoms with Crippen LogP contribution in [-0.4, -0.2) is 28.0 Å². The molecule has 3 heterocycles. The summed E-state index contributed by atoms with van der Waals surface area (Å²) in [7, 11) is 1.69. The van der Waals surface area contributed by atoms with E-state index in [4.69, 9.17) is 4.74 Å². The summed E-state index contributed by atoms with van der Waals surface area (Å²) in [5.74, 6) is -0.487. The summed E-state index contributed by atoms with van der Waals surface area (Å²) in [5, 5.41) is 23.1. The lowest BCUT2D eigenvalue weighted by molar-refractivity contribution is -0.904. The number of hydrogen-bond donors (Lipinski definition) is 3. The van der Waals surface area contributed by atoms with Gasteiger partial charge in [0.15, 0.2) is 0 Å². The molecule has 188 valence electrons. The number of carboxylic acid groups (broad SMARTS) is 1. The molecule has 1 aromatic carbocycles. The maximum atomic E-state index is 12.4. The minimum absolute atomic E-state index is 0.353. The third kappa shape index (κ3) is 4.76. The van der Waals surface area contributed by atoms with Crippen molar-refractivity contribution in [2.24, 2.45) is 0 Å². The SMILES string of the molecule is COCn1c(-c2ccccc2)c(C2CCCCC2)c2sc(C(=O)O)c(CNCc3cc[n+](O)cc3)c21. The fourth-order valence-corrected chi connectivity index (χ4v) is 6.75. The lowest BCUT2D eigenvalue weighted by Crippen LogP contribution is -2.28. The fourth-order valence-electron chi connectivity index (χ4n) is 5.46. The minimum Gasteiger partial charge on any atom is -0.477 e. The number of aromatic carboxylic acids is 1. The second-order valence-corrected chi connectivity index (χ2v) is 10.4. The number of carbonyl (C=O) groups is 1. The van der Waals surface area contributed by atoms with Gasteiger partial charge in [-0.1, -0.05) is 49.6 Å². The van der Waals surface area contributed by atoms with Gasteiger partial charge in [-0.3, -0.25) is 5.21 Å².